The summed E-state index contributed by atoms with van der Waals surface area (Å²) in [6.07, 6.45) is 0. The number of rotatable bonds is 2. The quantitative estimate of drug-likeness (QED) is 0.778. The second kappa shape index (κ2) is 4.45. The summed E-state index contributed by atoms with van der Waals surface area (Å²) in [5, 5.41) is 9.02. The zero-order chi connectivity index (χ0) is 14.3. The number of carboxylic acids is 1. The topological polar surface area (TPSA) is 55.1 Å². The number of carbonyl (C=O) groups is 1. The molecule has 2 aromatic carbocycles. The van der Waals surface area contributed by atoms with Crippen LogP contribution in [0.25, 0.3) is 22.4 Å². The van der Waals surface area contributed by atoms with Crippen molar-refractivity contribution < 1.29 is 14.3 Å². The van der Waals surface area contributed by atoms with Crippen molar-refractivity contribution in [1.29, 1.82) is 0 Å². The maximum absolute atomic E-state index is 13.3. The predicted octanol–water partition coefficient (Wildman–Crippen LogP) is 3.08. The van der Waals surface area contributed by atoms with Crippen LogP contribution in [0.4, 0.5) is 4.39 Å². The van der Waals surface area contributed by atoms with Gasteiger partial charge in [-0.2, -0.15) is 0 Å². The number of aromatic carboxylic acids is 1. The molecule has 4 nitrogen and oxygen atoms in total. The van der Waals surface area contributed by atoms with E-state index in [1.54, 1.807) is 35.9 Å². The van der Waals surface area contributed by atoms with Gasteiger partial charge in [0.15, 0.2) is 0 Å². The average molecular weight is 270 g/mol. The SMILES string of the molecule is Cn1c(-c2cccc(C(=O)O)c2)nc2ccc(F)cc21. The molecule has 100 valence electrons. The second-order valence-electron chi connectivity index (χ2n) is 4.51. The Labute approximate surface area is 114 Å². The molecule has 0 saturated heterocycles. The minimum Gasteiger partial charge on any atom is -0.478 e. The third-order valence-electron chi connectivity index (χ3n) is 3.21. The molecular formula is C15H11FN2O2. The number of imidazole rings is 1. The predicted molar refractivity (Wildman–Crippen MR) is 73.1 cm³/mol. The molecular weight excluding hydrogens is 259 g/mol. The Hall–Kier alpha value is -2.69. The molecule has 0 bridgehead atoms. The van der Waals surface area contributed by atoms with E-state index >= 15 is 0 Å². The van der Waals surface area contributed by atoms with E-state index in [1.807, 2.05) is 0 Å². The van der Waals surface area contributed by atoms with Crippen LogP contribution < -0.4 is 0 Å². The maximum atomic E-state index is 13.3. The third kappa shape index (κ3) is 1.93. The average Bonchev–Trinajstić information content (AvgIpc) is 2.76. The molecule has 3 rings (SSSR count). The number of nitrogens with zero attached hydrogens (tertiary/aromatic N) is 2. The molecule has 0 radical (unpaired) electrons. The molecule has 0 atom stereocenters. The van der Waals surface area contributed by atoms with Gasteiger partial charge in [-0.3, -0.25) is 0 Å². The number of benzene rings is 2. The van der Waals surface area contributed by atoms with Crippen molar-refractivity contribution >= 4 is 17.0 Å². The van der Waals surface area contributed by atoms with Crippen LogP contribution in [0.2, 0.25) is 0 Å². The van der Waals surface area contributed by atoms with E-state index in [0.29, 0.717) is 22.4 Å². The van der Waals surface area contributed by atoms with Gasteiger partial charge in [0.2, 0.25) is 0 Å². The molecule has 0 aliphatic heterocycles. The van der Waals surface area contributed by atoms with E-state index in [1.165, 1.54) is 18.2 Å². The zero-order valence-corrected chi connectivity index (χ0v) is 10.7. The molecule has 0 saturated carbocycles. The maximum Gasteiger partial charge on any atom is 0.335 e. The number of fused-ring (bicyclic) bond motifs is 1. The molecule has 0 spiro atoms. The standard InChI is InChI=1S/C15H11FN2O2/c1-18-13-8-11(16)5-6-12(13)17-14(18)9-3-2-4-10(7-9)15(19)20/h2-8H,1H3,(H,19,20). The minimum atomic E-state index is -0.989. The van der Waals surface area contributed by atoms with Gasteiger partial charge >= 0.3 is 5.97 Å². The Bertz CT molecular complexity index is 824. The van der Waals surface area contributed by atoms with Crippen LogP contribution in [-0.4, -0.2) is 20.6 Å². The van der Waals surface area contributed by atoms with Gasteiger partial charge in [0.05, 0.1) is 16.6 Å². The van der Waals surface area contributed by atoms with Gasteiger partial charge in [-0.15, -0.1) is 0 Å². The van der Waals surface area contributed by atoms with E-state index in [0.717, 1.165) is 0 Å². The lowest BCUT2D eigenvalue weighted by molar-refractivity contribution is 0.0697. The van der Waals surface area contributed by atoms with Crippen LogP contribution in [-0.2, 0) is 7.05 Å². The first-order valence-electron chi connectivity index (χ1n) is 6.02. The summed E-state index contributed by atoms with van der Waals surface area (Å²) in [5.41, 5.74) is 2.22. The van der Waals surface area contributed by atoms with Gasteiger partial charge in [-0.25, -0.2) is 14.2 Å². The molecule has 0 aliphatic carbocycles. The van der Waals surface area contributed by atoms with E-state index in [2.05, 4.69) is 4.98 Å². The molecule has 0 unspecified atom stereocenters. The highest BCUT2D eigenvalue weighted by Gasteiger charge is 2.12. The molecule has 0 amide bonds. The normalized spacial score (nSPS) is 10.9. The molecule has 0 fully saturated rings. The number of carboxylic acid groups (broad SMARTS) is 1. The fraction of sp³-hybridized carbons (Fsp3) is 0.0667. The Morgan fingerprint density at radius 2 is 2.05 bits per heavy atom. The van der Waals surface area contributed by atoms with Crippen LogP contribution in [0.5, 0.6) is 0 Å². The van der Waals surface area contributed by atoms with Crippen molar-refractivity contribution in [2.45, 2.75) is 0 Å². The smallest absolute Gasteiger partial charge is 0.335 e. The molecule has 5 heteroatoms. The van der Waals surface area contributed by atoms with Crippen LogP contribution in [0.15, 0.2) is 42.5 Å². The van der Waals surface area contributed by atoms with Crippen molar-refractivity contribution in [3.05, 3.63) is 53.8 Å². The van der Waals surface area contributed by atoms with Gasteiger partial charge < -0.3 is 9.67 Å². The highest BCUT2D eigenvalue weighted by molar-refractivity contribution is 5.89. The lowest BCUT2D eigenvalue weighted by Crippen LogP contribution is -1.98. The molecule has 0 aliphatic rings. The number of hydrogen-bond acceptors (Lipinski definition) is 2. The summed E-state index contributed by atoms with van der Waals surface area (Å²) in [6, 6.07) is 10.9. The largest absolute Gasteiger partial charge is 0.478 e. The van der Waals surface area contributed by atoms with Gasteiger partial charge in [-0.05, 0) is 30.3 Å². The van der Waals surface area contributed by atoms with Gasteiger partial charge in [0.1, 0.15) is 11.6 Å². The van der Waals surface area contributed by atoms with Gasteiger partial charge in [0.25, 0.3) is 0 Å². The summed E-state index contributed by atoms with van der Waals surface area (Å²) >= 11 is 0. The third-order valence-corrected chi connectivity index (χ3v) is 3.21. The zero-order valence-electron chi connectivity index (χ0n) is 10.7. The van der Waals surface area contributed by atoms with E-state index < -0.39 is 5.97 Å². The number of aryl methyl sites for hydroxylation is 1. The van der Waals surface area contributed by atoms with Crippen LogP contribution in [0.3, 0.4) is 0 Å². The van der Waals surface area contributed by atoms with Crippen molar-refractivity contribution in [3.8, 4) is 11.4 Å². The van der Waals surface area contributed by atoms with Crippen molar-refractivity contribution in [2.24, 2.45) is 7.05 Å². The first kappa shape index (κ1) is 12.3. The Morgan fingerprint density at radius 3 is 2.80 bits per heavy atom. The van der Waals surface area contributed by atoms with E-state index in [4.69, 9.17) is 5.11 Å². The second-order valence-corrected chi connectivity index (χ2v) is 4.51. The first-order chi connectivity index (χ1) is 9.56. The summed E-state index contributed by atoms with van der Waals surface area (Å²) in [4.78, 5) is 15.4. The molecule has 1 heterocycles. The molecule has 1 aromatic heterocycles. The van der Waals surface area contributed by atoms with Crippen molar-refractivity contribution in [1.82, 2.24) is 9.55 Å². The summed E-state index contributed by atoms with van der Waals surface area (Å²) in [7, 11) is 1.78. The monoisotopic (exact) mass is 270 g/mol. The summed E-state index contributed by atoms with van der Waals surface area (Å²) in [5.74, 6) is -0.711. The highest BCUT2D eigenvalue weighted by Crippen LogP contribution is 2.24. The Kier molecular flexibility index (Phi) is 2.75. The lowest BCUT2D eigenvalue weighted by atomic mass is 10.1. The fourth-order valence-corrected chi connectivity index (χ4v) is 2.21. The van der Waals surface area contributed by atoms with E-state index in [9.17, 15) is 9.18 Å². The van der Waals surface area contributed by atoms with Gasteiger partial charge in [0, 0.05) is 12.6 Å². The van der Waals surface area contributed by atoms with E-state index in [-0.39, 0.29) is 11.4 Å². The summed E-state index contributed by atoms with van der Waals surface area (Å²) in [6.45, 7) is 0. The summed E-state index contributed by atoms with van der Waals surface area (Å²) < 4.78 is 15.0. The first-order valence-corrected chi connectivity index (χ1v) is 6.02. The molecule has 1 N–H and O–H groups in total. The number of halogens is 1. The fourth-order valence-electron chi connectivity index (χ4n) is 2.21. The van der Waals surface area contributed by atoms with Crippen molar-refractivity contribution in [3.63, 3.8) is 0 Å². The van der Waals surface area contributed by atoms with Gasteiger partial charge in [-0.1, -0.05) is 12.1 Å². The lowest BCUT2D eigenvalue weighted by Gasteiger charge is -2.03. The van der Waals surface area contributed by atoms with Crippen LogP contribution >= 0.6 is 0 Å². The highest BCUT2D eigenvalue weighted by atomic mass is 19.1. The Balaban J connectivity index is 2.22. The number of hydrogen-bond donors (Lipinski definition) is 1. The Morgan fingerprint density at radius 1 is 1.25 bits per heavy atom. The molecule has 3 aromatic rings. The van der Waals surface area contributed by atoms with Crippen LogP contribution in [0.1, 0.15) is 10.4 Å². The van der Waals surface area contributed by atoms with Crippen LogP contribution in [0, 0.1) is 5.82 Å². The molecule has 20 heavy (non-hydrogen) atoms. The minimum absolute atomic E-state index is 0.195. The van der Waals surface area contributed by atoms with Crippen molar-refractivity contribution in [2.75, 3.05) is 0 Å². The number of aromatic nitrogens is 2.